The number of quaternary nitrogens is 1. The van der Waals surface area contributed by atoms with Crippen LogP contribution >= 0.6 is 7.82 Å². The van der Waals surface area contributed by atoms with Gasteiger partial charge in [-0.2, -0.15) is 0 Å². The van der Waals surface area contributed by atoms with E-state index in [4.69, 9.17) is 13.8 Å². The summed E-state index contributed by atoms with van der Waals surface area (Å²) in [6.07, 6.45) is 66.1. The lowest BCUT2D eigenvalue weighted by Crippen LogP contribution is -2.47. The molecule has 0 saturated heterocycles. The average molecular weight is 1050 g/mol. The number of carbonyl (C=O) groups excluding carboxylic acids is 2. The van der Waals surface area contributed by atoms with Crippen LogP contribution in [0.2, 0.25) is 0 Å². The van der Waals surface area contributed by atoms with Gasteiger partial charge in [0.25, 0.3) is 7.82 Å². The third-order valence-electron chi connectivity index (χ3n) is 13.4. The van der Waals surface area contributed by atoms with E-state index in [1.807, 2.05) is 33.3 Å². The van der Waals surface area contributed by atoms with Crippen LogP contribution in [0.5, 0.6) is 0 Å². The third kappa shape index (κ3) is 54.3. The van der Waals surface area contributed by atoms with Gasteiger partial charge in [-0.15, -0.1) is 0 Å². The van der Waals surface area contributed by atoms with Crippen molar-refractivity contribution < 1.29 is 37.3 Å². The molecule has 0 aliphatic carbocycles. The molecule has 0 aromatic rings. The molecule has 73 heavy (non-hydrogen) atoms. The topological polar surface area (TPSA) is 114 Å². The summed E-state index contributed by atoms with van der Waals surface area (Å²) in [5.41, 5.74) is 0. The van der Waals surface area contributed by atoms with E-state index in [1.54, 1.807) is 0 Å². The molecule has 0 bridgehead atoms. The maximum atomic E-state index is 13.5. The molecular formula is C63H117N2O7P. The SMILES string of the molecule is CCCCC/C=C\C/C=C\C/C=C\CCCCCCC(=O)OC(/C=C/CCCCCCCCCCC)C(COP(=O)([O-])OCC[N+](C)(C)C)NC(=O)CCCCCCCCCCC/C=C/CCCCCCCC. The van der Waals surface area contributed by atoms with Crippen molar-refractivity contribution in [2.45, 2.75) is 290 Å². The van der Waals surface area contributed by atoms with Gasteiger partial charge in [-0.05, 0) is 96.0 Å². The van der Waals surface area contributed by atoms with Crippen molar-refractivity contribution in [2.24, 2.45) is 0 Å². The Morgan fingerprint density at radius 1 is 0.479 bits per heavy atom. The van der Waals surface area contributed by atoms with E-state index in [-0.39, 0.29) is 24.9 Å². The molecule has 0 aromatic heterocycles. The Bertz CT molecular complexity index is 1440. The van der Waals surface area contributed by atoms with Gasteiger partial charge < -0.3 is 28.5 Å². The van der Waals surface area contributed by atoms with Gasteiger partial charge in [0.15, 0.2) is 0 Å². The van der Waals surface area contributed by atoms with Gasteiger partial charge in [-0.3, -0.25) is 14.2 Å². The number of unbranched alkanes of at least 4 members (excludes halogenated alkanes) is 31. The first-order valence-electron chi connectivity index (χ1n) is 30.6. The van der Waals surface area contributed by atoms with Crippen molar-refractivity contribution in [2.75, 3.05) is 40.9 Å². The minimum Gasteiger partial charge on any atom is -0.756 e. The fourth-order valence-electron chi connectivity index (χ4n) is 8.64. The number of amides is 1. The van der Waals surface area contributed by atoms with Gasteiger partial charge in [-0.1, -0.05) is 230 Å². The third-order valence-corrected chi connectivity index (χ3v) is 14.4. The number of phosphoric ester groups is 1. The lowest BCUT2D eigenvalue weighted by Gasteiger charge is -2.30. The molecule has 0 heterocycles. The van der Waals surface area contributed by atoms with E-state index in [2.05, 4.69) is 74.7 Å². The predicted octanol–water partition coefficient (Wildman–Crippen LogP) is 18.0. The van der Waals surface area contributed by atoms with E-state index in [1.165, 1.54) is 154 Å². The molecule has 0 aliphatic rings. The highest BCUT2D eigenvalue weighted by molar-refractivity contribution is 7.45. The first-order valence-corrected chi connectivity index (χ1v) is 32.1. The van der Waals surface area contributed by atoms with Crippen LogP contribution in [0.15, 0.2) is 60.8 Å². The monoisotopic (exact) mass is 1040 g/mol. The molecule has 426 valence electrons. The Morgan fingerprint density at radius 2 is 0.836 bits per heavy atom. The number of likely N-dealkylation sites (N-methyl/N-ethyl adjacent to an activating group) is 1. The molecule has 9 nitrogen and oxygen atoms in total. The number of esters is 1. The largest absolute Gasteiger partial charge is 0.756 e. The second kappa shape index (κ2) is 53.1. The van der Waals surface area contributed by atoms with Crippen LogP contribution in [0, 0.1) is 0 Å². The minimum absolute atomic E-state index is 0.0274. The average Bonchev–Trinajstić information content (AvgIpc) is 3.35. The van der Waals surface area contributed by atoms with E-state index < -0.39 is 26.6 Å². The quantitative estimate of drug-likeness (QED) is 0.0212. The Morgan fingerprint density at radius 3 is 1.29 bits per heavy atom. The molecule has 10 heteroatoms. The van der Waals surface area contributed by atoms with Gasteiger partial charge in [0.1, 0.15) is 19.3 Å². The van der Waals surface area contributed by atoms with Crippen molar-refractivity contribution in [3.63, 3.8) is 0 Å². The lowest BCUT2D eigenvalue weighted by atomic mass is 10.0. The van der Waals surface area contributed by atoms with Crippen molar-refractivity contribution in [3.05, 3.63) is 60.8 Å². The number of hydrogen-bond acceptors (Lipinski definition) is 7. The van der Waals surface area contributed by atoms with Gasteiger partial charge >= 0.3 is 5.97 Å². The number of phosphoric acid groups is 1. The van der Waals surface area contributed by atoms with Gasteiger partial charge in [0, 0.05) is 12.8 Å². The molecule has 3 unspecified atom stereocenters. The predicted molar refractivity (Wildman–Crippen MR) is 312 cm³/mol. The standard InChI is InChI=1S/C63H117N2O7P/c1-7-10-13-16-19-22-25-27-29-31-32-34-35-37-40-43-46-49-52-55-62(66)64-60(59-71-73(68,69)70-58-57-65(4,5)6)61(54-51-48-45-42-39-24-21-18-15-12-9-3)72-63(67)56-53-50-47-44-41-38-36-33-30-28-26-23-20-17-14-11-8-2/h20,23,27-30,36,38,51,54,60-61H,7-19,21-22,24-26,31-35,37,39-50,52-53,55-59H2,1-6H3,(H-,64,66,68,69)/b23-20-,29-27+,30-28-,38-36-,54-51+. The summed E-state index contributed by atoms with van der Waals surface area (Å²) >= 11 is 0. The summed E-state index contributed by atoms with van der Waals surface area (Å²) in [6.45, 7) is 6.80. The van der Waals surface area contributed by atoms with Crippen molar-refractivity contribution in [1.29, 1.82) is 0 Å². The van der Waals surface area contributed by atoms with E-state index in [0.717, 1.165) is 83.5 Å². The van der Waals surface area contributed by atoms with Gasteiger partial charge in [0.2, 0.25) is 5.91 Å². The number of rotatable bonds is 55. The van der Waals surface area contributed by atoms with Crippen LogP contribution in [0.3, 0.4) is 0 Å². The van der Waals surface area contributed by atoms with Crippen LogP contribution in [0.25, 0.3) is 0 Å². The molecule has 0 aliphatic heterocycles. The summed E-state index contributed by atoms with van der Waals surface area (Å²) in [5, 5.41) is 3.02. The molecule has 3 atom stereocenters. The normalized spacial score (nSPS) is 14.1. The highest BCUT2D eigenvalue weighted by Gasteiger charge is 2.27. The minimum atomic E-state index is -4.70. The second-order valence-corrected chi connectivity index (χ2v) is 23.3. The zero-order valence-electron chi connectivity index (χ0n) is 48.6. The van der Waals surface area contributed by atoms with Gasteiger partial charge in [0.05, 0.1) is 33.8 Å². The zero-order valence-corrected chi connectivity index (χ0v) is 49.5. The summed E-state index contributed by atoms with van der Waals surface area (Å²) in [7, 11) is 1.17. The Kier molecular flexibility index (Phi) is 51.5. The smallest absolute Gasteiger partial charge is 0.306 e. The van der Waals surface area contributed by atoms with Crippen LogP contribution in [-0.2, 0) is 27.9 Å². The highest BCUT2D eigenvalue weighted by atomic mass is 31.2. The van der Waals surface area contributed by atoms with Crippen LogP contribution in [-0.4, -0.2) is 69.4 Å². The number of hydrogen-bond donors (Lipinski definition) is 1. The molecule has 0 rings (SSSR count). The first-order chi connectivity index (χ1) is 35.4. The highest BCUT2D eigenvalue weighted by Crippen LogP contribution is 2.38. The molecule has 1 N–H and O–H groups in total. The van der Waals surface area contributed by atoms with Crippen molar-refractivity contribution >= 4 is 19.7 Å². The fraction of sp³-hybridized carbons (Fsp3) is 0.810. The van der Waals surface area contributed by atoms with Crippen molar-refractivity contribution in [1.82, 2.24) is 5.32 Å². The Hall–Kier alpha value is -2.29. The number of nitrogens with one attached hydrogen (secondary N) is 1. The van der Waals surface area contributed by atoms with Crippen molar-refractivity contribution in [3.8, 4) is 0 Å². The number of allylic oxidation sites excluding steroid dienone is 9. The maximum Gasteiger partial charge on any atom is 0.306 e. The number of carbonyl (C=O) groups is 2. The molecule has 1 amide bonds. The second-order valence-electron chi connectivity index (χ2n) is 21.8. The summed E-state index contributed by atoms with van der Waals surface area (Å²) in [5.74, 6) is -0.565. The Balaban J connectivity index is 5.27. The number of nitrogens with zero attached hydrogens (tertiary/aromatic N) is 1. The number of ether oxygens (including phenoxy) is 1. The molecule has 0 aromatic carbocycles. The Labute approximate surface area is 451 Å². The molecular weight excluding hydrogens is 928 g/mol. The molecule has 0 spiro atoms. The van der Waals surface area contributed by atoms with Crippen LogP contribution < -0.4 is 10.2 Å². The van der Waals surface area contributed by atoms with Gasteiger partial charge in [-0.25, -0.2) is 0 Å². The van der Waals surface area contributed by atoms with E-state index in [0.29, 0.717) is 23.9 Å². The molecule has 0 saturated carbocycles. The first kappa shape index (κ1) is 70.7. The maximum absolute atomic E-state index is 13.5. The lowest BCUT2D eigenvalue weighted by molar-refractivity contribution is -0.870. The van der Waals surface area contributed by atoms with Crippen LogP contribution in [0.1, 0.15) is 278 Å². The summed E-state index contributed by atoms with van der Waals surface area (Å²) < 4.78 is 30.3. The van der Waals surface area contributed by atoms with Crippen LogP contribution in [0.4, 0.5) is 0 Å². The van der Waals surface area contributed by atoms with E-state index in [9.17, 15) is 19.0 Å². The fourth-order valence-corrected chi connectivity index (χ4v) is 9.36. The molecule has 0 radical (unpaired) electrons. The zero-order chi connectivity index (χ0) is 53.6. The molecule has 0 fully saturated rings. The summed E-state index contributed by atoms with van der Waals surface area (Å²) in [4.78, 5) is 39.9. The van der Waals surface area contributed by atoms with E-state index >= 15 is 0 Å². The summed E-state index contributed by atoms with van der Waals surface area (Å²) in [6, 6.07) is -0.899.